The van der Waals surface area contributed by atoms with Gasteiger partial charge in [0.15, 0.2) is 0 Å². The maximum atomic E-state index is 13.2. The summed E-state index contributed by atoms with van der Waals surface area (Å²) in [6, 6.07) is 16.0. The summed E-state index contributed by atoms with van der Waals surface area (Å²) in [6.07, 6.45) is 2.24. The molecule has 0 bridgehead atoms. The molecule has 1 aliphatic heterocycles. The summed E-state index contributed by atoms with van der Waals surface area (Å²) in [5.41, 5.74) is 1.31. The number of carbonyl (C=O) groups is 1. The van der Waals surface area contributed by atoms with E-state index < -0.39 is 9.84 Å². The first kappa shape index (κ1) is 20.6. The van der Waals surface area contributed by atoms with Gasteiger partial charge in [-0.2, -0.15) is 0 Å². The number of carbonyl (C=O) groups excluding carboxylic acids is 1. The second kappa shape index (κ2) is 8.62. The lowest BCUT2D eigenvalue weighted by molar-refractivity contribution is -0.116. The van der Waals surface area contributed by atoms with Crippen LogP contribution in [0.15, 0.2) is 69.8 Å². The highest BCUT2D eigenvalue weighted by atomic mass is 32.2. The number of benzene rings is 2. The van der Waals surface area contributed by atoms with E-state index in [0.29, 0.717) is 12.3 Å². The molecule has 0 spiro atoms. The number of rotatable bonds is 7. The van der Waals surface area contributed by atoms with Crippen LogP contribution in [0.3, 0.4) is 0 Å². The van der Waals surface area contributed by atoms with Crippen LogP contribution in [0.25, 0.3) is 0 Å². The molecule has 0 aliphatic carbocycles. The van der Waals surface area contributed by atoms with E-state index in [4.69, 9.17) is 4.74 Å². The lowest BCUT2D eigenvalue weighted by Gasteiger charge is -2.25. The standard InChI is InChI=1S/C23H23NO4S2/c1-2-3-13-28-19-12-8-7-11-17(19)18-14-21(25)24-22-20(15-29-23(18)22)30(26,27)16-9-5-4-6-10-16/h4-12,15,18H,2-3,13-14H2,1H3,(H,24,25). The van der Waals surface area contributed by atoms with Crippen LogP contribution in [0.5, 0.6) is 5.75 Å². The van der Waals surface area contributed by atoms with E-state index in [9.17, 15) is 13.2 Å². The van der Waals surface area contributed by atoms with Gasteiger partial charge in [-0.05, 0) is 24.6 Å². The van der Waals surface area contributed by atoms with Crippen molar-refractivity contribution in [1.29, 1.82) is 0 Å². The van der Waals surface area contributed by atoms with Crippen molar-refractivity contribution in [2.75, 3.05) is 11.9 Å². The molecule has 3 aromatic rings. The molecule has 156 valence electrons. The normalized spacial score (nSPS) is 16.0. The summed E-state index contributed by atoms with van der Waals surface area (Å²) in [5.74, 6) is 0.313. The van der Waals surface area contributed by atoms with Gasteiger partial charge in [-0.3, -0.25) is 4.79 Å². The van der Waals surface area contributed by atoms with Crippen LogP contribution >= 0.6 is 11.3 Å². The molecule has 1 atom stereocenters. The second-order valence-electron chi connectivity index (χ2n) is 7.20. The lowest BCUT2D eigenvalue weighted by Crippen LogP contribution is -2.23. The van der Waals surface area contributed by atoms with Crippen molar-refractivity contribution in [1.82, 2.24) is 0 Å². The second-order valence-corrected chi connectivity index (χ2v) is 10.0. The van der Waals surface area contributed by atoms with Gasteiger partial charge in [-0.15, -0.1) is 11.3 Å². The molecule has 0 saturated heterocycles. The highest BCUT2D eigenvalue weighted by molar-refractivity contribution is 7.91. The third kappa shape index (κ3) is 3.87. The Bertz CT molecular complexity index is 1150. The van der Waals surface area contributed by atoms with E-state index in [1.54, 1.807) is 35.7 Å². The zero-order chi connectivity index (χ0) is 21.1. The summed E-state index contributed by atoms with van der Waals surface area (Å²) in [5, 5.41) is 4.44. The molecule has 0 saturated carbocycles. The van der Waals surface area contributed by atoms with Gasteiger partial charge in [0.05, 0.1) is 17.2 Å². The van der Waals surface area contributed by atoms with Crippen LogP contribution in [0.1, 0.15) is 42.5 Å². The first-order valence-electron chi connectivity index (χ1n) is 9.95. The van der Waals surface area contributed by atoms with Crippen molar-refractivity contribution >= 4 is 32.8 Å². The van der Waals surface area contributed by atoms with Gasteiger partial charge in [0, 0.05) is 28.2 Å². The quantitative estimate of drug-likeness (QED) is 0.509. The molecule has 1 N–H and O–H groups in total. The number of sulfone groups is 1. The summed E-state index contributed by atoms with van der Waals surface area (Å²) in [6.45, 7) is 2.71. The van der Waals surface area contributed by atoms with E-state index in [1.165, 1.54) is 11.3 Å². The molecule has 0 fully saturated rings. The summed E-state index contributed by atoms with van der Waals surface area (Å²) in [4.78, 5) is 13.8. The molecule has 4 rings (SSSR count). The van der Waals surface area contributed by atoms with Gasteiger partial charge < -0.3 is 10.1 Å². The molecule has 1 unspecified atom stereocenters. The molecule has 1 aromatic heterocycles. The molecule has 1 aliphatic rings. The first-order chi connectivity index (χ1) is 14.5. The topological polar surface area (TPSA) is 72.5 Å². The van der Waals surface area contributed by atoms with E-state index in [2.05, 4.69) is 12.2 Å². The minimum Gasteiger partial charge on any atom is -0.493 e. The van der Waals surface area contributed by atoms with Gasteiger partial charge in [-0.25, -0.2) is 8.42 Å². The number of amides is 1. The number of hydrogen-bond donors (Lipinski definition) is 1. The van der Waals surface area contributed by atoms with Gasteiger partial charge in [-0.1, -0.05) is 49.7 Å². The van der Waals surface area contributed by atoms with Crippen LogP contribution in [0.2, 0.25) is 0 Å². The van der Waals surface area contributed by atoms with E-state index >= 15 is 0 Å². The van der Waals surface area contributed by atoms with Crippen LogP contribution in [0, 0.1) is 0 Å². The zero-order valence-corrected chi connectivity index (χ0v) is 18.3. The first-order valence-corrected chi connectivity index (χ1v) is 12.3. The van der Waals surface area contributed by atoms with Crippen LogP contribution in [-0.4, -0.2) is 20.9 Å². The monoisotopic (exact) mass is 441 g/mol. The van der Waals surface area contributed by atoms with Gasteiger partial charge >= 0.3 is 0 Å². The fourth-order valence-corrected chi connectivity index (χ4v) is 6.53. The van der Waals surface area contributed by atoms with Crippen molar-refractivity contribution in [2.24, 2.45) is 0 Å². The summed E-state index contributed by atoms with van der Waals surface area (Å²) >= 11 is 1.37. The fourth-order valence-electron chi connectivity index (χ4n) is 3.61. The van der Waals surface area contributed by atoms with Crippen molar-refractivity contribution in [3.8, 4) is 5.75 Å². The van der Waals surface area contributed by atoms with Gasteiger partial charge in [0.2, 0.25) is 15.7 Å². The van der Waals surface area contributed by atoms with Gasteiger partial charge in [0.25, 0.3) is 0 Å². The van der Waals surface area contributed by atoms with Crippen LogP contribution < -0.4 is 10.1 Å². The van der Waals surface area contributed by atoms with Crippen molar-refractivity contribution in [3.05, 3.63) is 70.4 Å². The third-order valence-corrected chi connectivity index (χ3v) is 8.19. The Labute approximate surface area is 180 Å². The molecule has 0 radical (unpaired) electrons. The molecule has 5 nitrogen and oxygen atoms in total. The predicted octanol–water partition coefficient (Wildman–Crippen LogP) is 5.23. The number of ether oxygens (including phenoxy) is 1. The molecule has 30 heavy (non-hydrogen) atoms. The summed E-state index contributed by atoms with van der Waals surface area (Å²) < 4.78 is 32.4. The van der Waals surface area contributed by atoms with E-state index in [1.807, 2.05) is 24.3 Å². The summed E-state index contributed by atoms with van der Waals surface area (Å²) in [7, 11) is -3.73. The van der Waals surface area contributed by atoms with Crippen molar-refractivity contribution in [3.63, 3.8) is 0 Å². The number of unbranched alkanes of at least 4 members (excludes halogenated alkanes) is 1. The molecule has 2 heterocycles. The lowest BCUT2D eigenvalue weighted by atomic mass is 9.90. The Morgan fingerprint density at radius 2 is 1.83 bits per heavy atom. The minimum atomic E-state index is -3.73. The Morgan fingerprint density at radius 3 is 2.60 bits per heavy atom. The smallest absolute Gasteiger partial charge is 0.225 e. The molecular formula is C23H23NO4S2. The Morgan fingerprint density at radius 1 is 1.10 bits per heavy atom. The number of hydrogen-bond acceptors (Lipinski definition) is 5. The molecule has 7 heteroatoms. The SMILES string of the molecule is CCCCOc1ccccc1C1CC(=O)Nc2c(S(=O)(=O)c3ccccc3)csc21. The predicted molar refractivity (Wildman–Crippen MR) is 118 cm³/mol. The number of para-hydroxylation sites is 1. The number of nitrogens with one attached hydrogen (secondary N) is 1. The minimum absolute atomic E-state index is 0.149. The molecule has 1 amide bonds. The number of anilines is 1. The van der Waals surface area contributed by atoms with Gasteiger partial charge in [0.1, 0.15) is 10.6 Å². The molecule has 2 aromatic carbocycles. The Balaban J connectivity index is 1.76. The number of fused-ring (bicyclic) bond motifs is 1. The maximum Gasteiger partial charge on any atom is 0.225 e. The van der Waals surface area contributed by atoms with Crippen molar-refractivity contribution in [2.45, 2.75) is 41.9 Å². The fraction of sp³-hybridized carbons (Fsp3) is 0.261. The Hall–Kier alpha value is -2.64. The van der Waals surface area contributed by atoms with E-state index in [-0.39, 0.29) is 28.0 Å². The van der Waals surface area contributed by atoms with E-state index in [0.717, 1.165) is 29.0 Å². The number of thiophene rings is 1. The zero-order valence-electron chi connectivity index (χ0n) is 16.6. The highest BCUT2D eigenvalue weighted by Crippen LogP contribution is 2.47. The third-order valence-electron chi connectivity index (χ3n) is 5.15. The van der Waals surface area contributed by atoms with Crippen LogP contribution in [-0.2, 0) is 14.6 Å². The Kier molecular flexibility index (Phi) is 5.92. The average molecular weight is 442 g/mol. The average Bonchev–Trinajstić information content (AvgIpc) is 3.19. The van der Waals surface area contributed by atoms with Crippen molar-refractivity contribution < 1.29 is 17.9 Å². The maximum absolute atomic E-state index is 13.2. The highest BCUT2D eigenvalue weighted by Gasteiger charge is 2.35. The molecular weight excluding hydrogens is 418 g/mol. The largest absolute Gasteiger partial charge is 0.493 e. The van der Waals surface area contributed by atoms with Crippen LogP contribution in [0.4, 0.5) is 5.69 Å².